The fourth-order valence-electron chi connectivity index (χ4n) is 8.80. The van der Waals surface area contributed by atoms with Gasteiger partial charge in [-0.1, -0.05) is 195 Å². The van der Waals surface area contributed by atoms with E-state index in [9.17, 15) is 19.5 Å². The number of carbonyl (C=O) groups is 1. The summed E-state index contributed by atoms with van der Waals surface area (Å²) in [6, 6.07) is 7.16. The number of allylic oxidation sites excluding steroid dienone is 1. The van der Waals surface area contributed by atoms with Gasteiger partial charge in [0.25, 0.3) is 5.56 Å². The van der Waals surface area contributed by atoms with Crippen LogP contribution in [0.1, 0.15) is 243 Å². The standard InChI is InChI=1S/C62H100N4O9/c1-8-13-18-23-28-33-40-71-55-48-59(75-44-37-32-27-22-17-12-5)56(72-41-34-29-24-19-14-9-2)45-50(55)54(67)38-39-63-52-46-57(73-42-35-30-25-20-15-10-3)58(74-43-36-31-26-21-16-11-4)47-53(52)64-49-51-60(68)65(6)62(70)66(7)61(51)69/h38-39,45-49,63,68H,8-37,40-44H2,1-7H3/b39-38-,64-49?. The second kappa shape index (κ2) is 40.1. The Morgan fingerprint density at radius 3 is 1.28 bits per heavy atom. The van der Waals surface area contributed by atoms with Gasteiger partial charge < -0.3 is 34.1 Å². The Morgan fingerprint density at radius 1 is 0.493 bits per heavy atom. The number of aromatic nitrogens is 2. The number of ether oxygens (including phenoxy) is 5. The Bertz CT molecular complexity index is 2210. The van der Waals surface area contributed by atoms with Gasteiger partial charge in [-0.2, -0.15) is 0 Å². The smallest absolute Gasteiger partial charge is 0.333 e. The summed E-state index contributed by atoms with van der Waals surface area (Å²) in [6.07, 6.45) is 37.9. The van der Waals surface area contributed by atoms with Gasteiger partial charge in [0.15, 0.2) is 28.8 Å². The first-order chi connectivity index (χ1) is 36.6. The Labute approximate surface area is 452 Å². The molecule has 3 aromatic rings. The number of nitrogens with zero attached hydrogens (tertiary/aromatic N) is 3. The van der Waals surface area contributed by atoms with Crippen LogP contribution in [0.3, 0.4) is 0 Å². The van der Waals surface area contributed by atoms with Gasteiger partial charge in [0.2, 0.25) is 5.88 Å². The molecule has 0 atom stereocenters. The van der Waals surface area contributed by atoms with Crippen LogP contribution in [0, 0.1) is 0 Å². The molecule has 0 aliphatic carbocycles. The minimum Gasteiger partial charge on any atom is -0.494 e. The molecular weight excluding hydrogens is 945 g/mol. The van der Waals surface area contributed by atoms with Crippen molar-refractivity contribution in [2.24, 2.45) is 19.1 Å². The monoisotopic (exact) mass is 1040 g/mol. The van der Waals surface area contributed by atoms with Crippen LogP contribution in [0.2, 0.25) is 0 Å². The molecule has 0 saturated carbocycles. The van der Waals surface area contributed by atoms with E-state index in [0.717, 1.165) is 99.0 Å². The fourth-order valence-corrected chi connectivity index (χ4v) is 8.80. The molecule has 0 fully saturated rings. The second-order valence-electron chi connectivity index (χ2n) is 20.2. The van der Waals surface area contributed by atoms with Gasteiger partial charge in [0.1, 0.15) is 11.3 Å². The lowest BCUT2D eigenvalue weighted by Crippen LogP contribution is -2.38. The van der Waals surface area contributed by atoms with Crippen molar-refractivity contribution in [3.05, 3.63) is 68.5 Å². The van der Waals surface area contributed by atoms with E-state index in [0.29, 0.717) is 78.7 Å². The van der Waals surface area contributed by atoms with Crippen LogP contribution in [0.5, 0.6) is 34.6 Å². The number of benzene rings is 2. The summed E-state index contributed by atoms with van der Waals surface area (Å²) < 4.78 is 34.1. The first-order valence-electron chi connectivity index (χ1n) is 29.6. The molecule has 0 saturated heterocycles. The summed E-state index contributed by atoms with van der Waals surface area (Å²) in [6.45, 7) is 13.6. The molecule has 75 heavy (non-hydrogen) atoms. The van der Waals surface area contributed by atoms with Crippen molar-refractivity contribution < 1.29 is 33.6 Å². The topological polar surface area (TPSA) is 152 Å². The zero-order valence-electron chi connectivity index (χ0n) is 47.8. The number of anilines is 1. The van der Waals surface area contributed by atoms with Crippen LogP contribution in [0.15, 0.2) is 51.1 Å². The van der Waals surface area contributed by atoms with Crippen molar-refractivity contribution in [3.8, 4) is 34.6 Å². The third kappa shape index (κ3) is 25.0. The van der Waals surface area contributed by atoms with Crippen LogP contribution in [-0.2, 0) is 14.1 Å². The minimum absolute atomic E-state index is 0.156. The van der Waals surface area contributed by atoms with Crippen LogP contribution >= 0.6 is 0 Å². The molecule has 0 aliphatic heterocycles. The molecule has 13 nitrogen and oxygen atoms in total. The normalized spacial score (nSPS) is 11.5. The van der Waals surface area contributed by atoms with E-state index in [1.54, 1.807) is 24.4 Å². The number of nitrogens with one attached hydrogen (secondary N) is 1. The molecule has 1 heterocycles. The third-order valence-electron chi connectivity index (χ3n) is 13.6. The quantitative estimate of drug-likeness (QED) is 0.0242. The first-order valence-corrected chi connectivity index (χ1v) is 29.6. The molecule has 0 unspecified atom stereocenters. The second-order valence-corrected chi connectivity index (χ2v) is 20.2. The average molecular weight is 1050 g/mol. The van der Waals surface area contributed by atoms with E-state index < -0.39 is 17.1 Å². The molecule has 3 rings (SSSR count). The highest BCUT2D eigenvalue weighted by atomic mass is 16.5. The van der Waals surface area contributed by atoms with Crippen molar-refractivity contribution in [2.45, 2.75) is 227 Å². The molecule has 0 bridgehead atoms. The summed E-state index contributed by atoms with van der Waals surface area (Å²) in [5.41, 5.74) is -0.329. The van der Waals surface area contributed by atoms with E-state index in [2.05, 4.69) is 39.9 Å². The Morgan fingerprint density at radius 2 is 0.853 bits per heavy atom. The Kier molecular flexibility index (Phi) is 34.3. The van der Waals surface area contributed by atoms with E-state index in [1.165, 1.54) is 129 Å². The summed E-state index contributed by atoms with van der Waals surface area (Å²) in [7, 11) is 2.74. The number of aromatic hydroxyl groups is 1. The summed E-state index contributed by atoms with van der Waals surface area (Å²) >= 11 is 0. The molecular formula is C62H100N4O9. The van der Waals surface area contributed by atoms with Crippen LogP contribution in [0.25, 0.3) is 0 Å². The number of aliphatic imine (C=N–C) groups is 1. The number of ketones is 1. The van der Waals surface area contributed by atoms with Gasteiger partial charge in [-0.25, -0.2) is 4.79 Å². The molecule has 0 spiro atoms. The lowest BCUT2D eigenvalue weighted by atomic mass is 10.1. The molecule has 422 valence electrons. The van der Waals surface area contributed by atoms with Gasteiger partial charge in [-0.05, 0) is 38.2 Å². The predicted octanol–water partition coefficient (Wildman–Crippen LogP) is 16.0. The maximum absolute atomic E-state index is 14.5. The number of hydrogen-bond acceptors (Lipinski definition) is 11. The number of hydrogen-bond donors (Lipinski definition) is 2. The minimum atomic E-state index is -0.693. The fraction of sp³-hybridized carbons (Fsp3) is 0.677. The van der Waals surface area contributed by atoms with Crippen molar-refractivity contribution in [1.29, 1.82) is 0 Å². The first kappa shape index (κ1) is 64.1. The number of unbranched alkanes of at least 4 members (excludes halogenated alkanes) is 25. The molecule has 2 N–H and O–H groups in total. The average Bonchev–Trinajstić information content (AvgIpc) is 3.41. The van der Waals surface area contributed by atoms with Crippen molar-refractivity contribution >= 4 is 23.4 Å². The zero-order chi connectivity index (χ0) is 54.3. The van der Waals surface area contributed by atoms with Gasteiger partial charge in [-0.3, -0.25) is 23.7 Å². The van der Waals surface area contributed by atoms with Crippen molar-refractivity contribution in [3.63, 3.8) is 0 Å². The Balaban J connectivity index is 2.07. The molecule has 13 heteroatoms. The van der Waals surface area contributed by atoms with E-state index in [-0.39, 0.29) is 11.3 Å². The van der Waals surface area contributed by atoms with Gasteiger partial charge in [0, 0.05) is 50.8 Å². The van der Waals surface area contributed by atoms with Crippen LogP contribution in [0.4, 0.5) is 11.4 Å². The molecule has 0 amide bonds. The van der Waals surface area contributed by atoms with E-state index in [1.807, 2.05) is 6.07 Å². The maximum Gasteiger partial charge on any atom is 0.333 e. The van der Waals surface area contributed by atoms with Gasteiger partial charge in [-0.15, -0.1) is 0 Å². The van der Waals surface area contributed by atoms with Gasteiger partial charge >= 0.3 is 5.69 Å². The summed E-state index contributed by atoms with van der Waals surface area (Å²) in [5, 5.41) is 14.2. The van der Waals surface area contributed by atoms with Crippen molar-refractivity contribution in [1.82, 2.24) is 9.13 Å². The highest BCUT2D eigenvalue weighted by molar-refractivity contribution is 6.07. The van der Waals surface area contributed by atoms with Crippen molar-refractivity contribution in [2.75, 3.05) is 38.4 Å². The highest BCUT2D eigenvalue weighted by Gasteiger charge is 2.20. The summed E-state index contributed by atoms with van der Waals surface area (Å²) in [5.74, 6) is 1.77. The molecule has 0 radical (unpaired) electrons. The predicted molar refractivity (Wildman–Crippen MR) is 310 cm³/mol. The lowest BCUT2D eigenvalue weighted by Gasteiger charge is -2.18. The SMILES string of the molecule is CCCCCCCCOc1cc(N=Cc2c(O)n(C)c(=O)n(C)c2=O)c(N/C=C\C(=O)c2cc(OCCCCCCCC)c(OCCCCCCCC)cc2OCCCCCCCC)cc1OCCCCCCCC. The third-order valence-corrected chi connectivity index (χ3v) is 13.6. The molecule has 1 aromatic heterocycles. The number of rotatable bonds is 46. The summed E-state index contributed by atoms with van der Waals surface area (Å²) in [4.78, 5) is 45.1. The van der Waals surface area contributed by atoms with Crippen LogP contribution in [-0.4, -0.2) is 59.3 Å². The lowest BCUT2D eigenvalue weighted by molar-refractivity contribution is 0.104. The number of carbonyl (C=O) groups excluding carboxylic acids is 1. The van der Waals surface area contributed by atoms with E-state index >= 15 is 0 Å². The zero-order valence-corrected chi connectivity index (χ0v) is 47.8. The van der Waals surface area contributed by atoms with Gasteiger partial charge in [0.05, 0.1) is 50.0 Å². The molecule has 0 aliphatic rings. The van der Waals surface area contributed by atoms with E-state index in [4.69, 9.17) is 28.7 Å². The molecule has 2 aromatic carbocycles. The van der Waals surface area contributed by atoms with Crippen LogP contribution < -0.4 is 40.3 Å². The maximum atomic E-state index is 14.5. The highest BCUT2D eigenvalue weighted by Crippen LogP contribution is 2.40. The largest absolute Gasteiger partial charge is 0.494 e. The Hall–Kier alpha value is -5.20.